The molecule has 0 saturated carbocycles. The molecule has 5 nitrogen and oxygen atoms in total. The first-order valence-corrected chi connectivity index (χ1v) is 6.86. The minimum absolute atomic E-state index is 0.0809. The van der Waals surface area contributed by atoms with Gasteiger partial charge in [0.15, 0.2) is 0 Å². The Hall–Kier alpha value is -0.940. The molecule has 2 atom stereocenters. The van der Waals surface area contributed by atoms with Crippen LogP contribution >= 0.6 is 0 Å². The highest BCUT2D eigenvalue weighted by molar-refractivity contribution is 6.05. The summed E-state index contributed by atoms with van der Waals surface area (Å²) < 4.78 is 0. The van der Waals surface area contributed by atoms with Gasteiger partial charge in [-0.2, -0.15) is 0 Å². The average molecular weight is 253 g/mol. The minimum atomic E-state index is -0.317. The maximum Gasteiger partial charge on any atom is 0.246 e. The van der Waals surface area contributed by atoms with E-state index in [1.54, 1.807) is 7.05 Å². The first-order valence-electron chi connectivity index (χ1n) is 6.86. The lowest BCUT2D eigenvalue weighted by atomic mass is 10.1. The van der Waals surface area contributed by atoms with Crippen LogP contribution in [0.1, 0.15) is 32.6 Å². The standard InChI is InChI=1S/C13H23N3O2/c1-10(9-16-6-4-3-5-7-16)14-11-8-12(17)15(2)13(11)18/h10-11,14H,3-9H2,1-2H3. The van der Waals surface area contributed by atoms with Crippen LogP contribution in [-0.4, -0.2) is 60.4 Å². The number of hydrogen-bond acceptors (Lipinski definition) is 4. The lowest BCUT2D eigenvalue weighted by Crippen LogP contribution is -2.47. The van der Waals surface area contributed by atoms with Crippen LogP contribution in [0, 0.1) is 0 Å². The number of imide groups is 1. The van der Waals surface area contributed by atoms with E-state index in [9.17, 15) is 9.59 Å². The summed E-state index contributed by atoms with van der Waals surface area (Å²) >= 11 is 0. The van der Waals surface area contributed by atoms with Crippen LogP contribution in [0.4, 0.5) is 0 Å². The molecule has 2 heterocycles. The molecule has 5 heteroatoms. The van der Waals surface area contributed by atoms with Gasteiger partial charge in [0.05, 0.1) is 12.5 Å². The Balaban J connectivity index is 1.78. The van der Waals surface area contributed by atoms with Crippen LogP contribution in [0.3, 0.4) is 0 Å². The van der Waals surface area contributed by atoms with E-state index < -0.39 is 0 Å². The Morgan fingerprint density at radius 2 is 1.94 bits per heavy atom. The number of piperidine rings is 1. The molecule has 2 unspecified atom stereocenters. The quantitative estimate of drug-likeness (QED) is 0.728. The monoisotopic (exact) mass is 253 g/mol. The molecule has 0 aromatic heterocycles. The number of likely N-dealkylation sites (N-methyl/N-ethyl adjacent to an activating group) is 1. The summed E-state index contributed by atoms with van der Waals surface area (Å²) in [5.74, 6) is -0.173. The van der Waals surface area contributed by atoms with Crippen molar-refractivity contribution in [3.05, 3.63) is 0 Å². The van der Waals surface area contributed by atoms with Gasteiger partial charge in [0.2, 0.25) is 11.8 Å². The second kappa shape index (κ2) is 5.80. The SMILES string of the molecule is CC(CN1CCCCC1)NC1CC(=O)N(C)C1=O. The molecule has 2 aliphatic heterocycles. The summed E-state index contributed by atoms with van der Waals surface area (Å²) in [5, 5.41) is 3.28. The van der Waals surface area contributed by atoms with Crippen molar-refractivity contribution >= 4 is 11.8 Å². The highest BCUT2D eigenvalue weighted by Crippen LogP contribution is 2.13. The second-order valence-corrected chi connectivity index (χ2v) is 5.48. The number of hydrogen-bond donors (Lipinski definition) is 1. The number of nitrogens with zero attached hydrogens (tertiary/aromatic N) is 2. The van der Waals surface area contributed by atoms with Gasteiger partial charge in [0.1, 0.15) is 0 Å². The van der Waals surface area contributed by atoms with E-state index in [1.165, 1.54) is 24.2 Å². The second-order valence-electron chi connectivity index (χ2n) is 5.48. The zero-order chi connectivity index (χ0) is 13.1. The number of rotatable bonds is 4. The summed E-state index contributed by atoms with van der Waals surface area (Å²) in [5.41, 5.74) is 0. The van der Waals surface area contributed by atoms with Crippen molar-refractivity contribution < 1.29 is 9.59 Å². The summed E-state index contributed by atoms with van der Waals surface area (Å²) in [6.45, 7) is 5.36. The highest BCUT2D eigenvalue weighted by Gasteiger charge is 2.36. The summed E-state index contributed by atoms with van der Waals surface area (Å²) in [4.78, 5) is 26.9. The number of carbonyl (C=O) groups is 2. The smallest absolute Gasteiger partial charge is 0.246 e. The molecular formula is C13H23N3O2. The first-order chi connectivity index (χ1) is 8.58. The maximum absolute atomic E-state index is 11.8. The fraction of sp³-hybridized carbons (Fsp3) is 0.846. The van der Waals surface area contributed by atoms with Gasteiger partial charge in [0.25, 0.3) is 0 Å². The molecule has 2 fully saturated rings. The van der Waals surface area contributed by atoms with E-state index in [0.29, 0.717) is 6.42 Å². The number of amides is 2. The predicted octanol–water partition coefficient (Wildman–Crippen LogP) is 0.208. The fourth-order valence-corrected chi connectivity index (χ4v) is 2.81. The van der Waals surface area contributed by atoms with E-state index in [0.717, 1.165) is 19.6 Å². The van der Waals surface area contributed by atoms with E-state index in [1.807, 2.05) is 0 Å². The van der Waals surface area contributed by atoms with Crippen molar-refractivity contribution in [2.75, 3.05) is 26.7 Å². The van der Waals surface area contributed by atoms with Crippen LogP contribution in [0.2, 0.25) is 0 Å². The molecule has 0 aliphatic carbocycles. The highest BCUT2D eigenvalue weighted by atomic mass is 16.2. The minimum Gasteiger partial charge on any atom is -0.302 e. The van der Waals surface area contributed by atoms with E-state index in [4.69, 9.17) is 0 Å². The molecule has 2 amide bonds. The van der Waals surface area contributed by atoms with Crippen LogP contribution in [0.25, 0.3) is 0 Å². The largest absolute Gasteiger partial charge is 0.302 e. The Morgan fingerprint density at radius 1 is 1.28 bits per heavy atom. The molecular weight excluding hydrogens is 230 g/mol. The maximum atomic E-state index is 11.8. The van der Waals surface area contributed by atoms with Gasteiger partial charge >= 0.3 is 0 Å². The van der Waals surface area contributed by atoms with Gasteiger partial charge in [0, 0.05) is 19.6 Å². The topological polar surface area (TPSA) is 52.7 Å². The number of likely N-dealkylation sites (tertiary alicyclic amines) is 2. The number of carbonyl (C=O) groups excluding carboxylic acids is 2. The van der Waals surface area contributed by atoms with Gasteiger partial charge in [-0.1, -0.05) is 6.42 Å². The Kier molecular flexibility index (Phi) is 4.35. The third kappa shape index (κ3) is 3.09. The average Bonchev–Trinajstić information content (AvgIpc) is 2.58. The van der Waals surface area contributed by atoms with Crippen molar-refractivity contribution in [3.63, 3.8) is 0 Å². The first kappa shape index (κ1) is 13.5. The summed E-state index contributed by atoms with van der Waals surface area (Å²) in [7, 11) is 1.56. The van der Waals surface area contributed by atoms with Crippen LogP contribution < -0.4 is 5.32 Å². The third-order valence-corrected chi connectivity index (χ3v) is 3.85. The van der Waals surface area contributed by atoms with Crippen molar-refractivity contribution in [1.82, 2.24) is 15.1 Å². The molecule has 1 N–H and O–H groups in total. The molecule has 0 aromatic rings. The normalized spacial score (nSPS) is 27.9. The molecule has 0 bridgehead atoms. The molecule has 2 rings (SSSR count). The van der Waals surface area contributed by atoms with Crippen molar-refractivity contribution in [2.24, 2.45) is 0 Å². The molecule has 0 spiro atoms. The van der Waals surface area contributed by atoms with Gasteiger partial charge in [-0.25, -0.2) is 0 Å². The van der Waals surface area contributed by atoms with Crippen LogP contribution in [0.5, 0.6) is 0 Å². The van der Waals surface area contributed by atoms with Gasteiger partial charge in [-0.05, 0) is 32.9 Å². The zero-order valence-electron chi connectivity index (χ0n) is 11.3. The Morgan fingerprint density at radius 3 is 2.50 bits per heavy atom. The van der Waals surface area contributed by atoms with Crippen molar-refractivity contribution in [2.45, 2.75) is 44.7 Å². The Labute approximate surface area is 108 Å². The van der Waals surface area contributed by atoms with Gasteiger partial charge in [-0.15, -0.1) is 0 Å². The molecule has 2 aliphatic rings. The molecule has 2 saturated heterocycles. The Bertz CT molecular complexity index is 326. The van der Waals surface area contributed by atoms with Crippen molar-refractivity contribution in [3.8, 4) is 0 Å². The zero-order valence-corrected chi connectivity index (χ0v) is 11.3. The fourth-order valence-electron chi connectivity index (χ4n) is 2.81. The number of nitrogens with one attached hydrogen (secondary N) is 1. The molecule has 0 aromatic carbocycles. The summed E-state index contributed by atoms with van der Waals surface area (Å²) in [6.07, 6.45) is 4.19. The van der Waals surface area contributed by atoms with E-state index >= 15 is 0 Å². The van der Waals surface area contributed by atoms with Crippen LogP contribution in [-0.2, 0) is 9.59 Å². The van der Waals surface area contributed by atoms with Gasteiger partial charge < -0.3 is 10.2 Å². The molecule has 102 valence electrons. The molecule has 0 radical (unpaired) electrons. The lowest BCUT2D eigenvalue weighted by Gasteiger charge is -2.30. The van der Waals surface area contributed by atoms with Gasteiger partial charge in [-0.3, -0.25) is 14.5 Å². The summed E-state index contributed by atoms with van der Waals surface area (Å²) in [6, 6.07) is -0.0707. The predicted molar refractivity (Wildman–Crippen MR) is 69.1 cm³/mol. The van der Waals surface area contributed by atoms with E-state index in [-0.39, 0.29) is 23.9 Å². The molecule has 18 heavy (non-hydrogen) atoms. The van der Waals surface area contributed by atoms with Crippen LogP contribution in [0.15, 0.2) is 0 Å². The van der Waals surface area contributed by atoms with Crippen molar-refractivity contribution in [1.29, 1.82) is 0 Å². The lowest BCUT2D eigenvalue weighted by molar-refractivity contribution is -0.137. The van der Waals surface area contributed by atoms with E-state index in [2.05, 4.69) is 17.1 Å². The third-order valence-electron chi connectivity index (χ3n) is 3.85.